The van der Waals surface area contributed by atoms with Crippen molar-refractivity contribution in [3.8, 4) is 0 Å². The lowest BCUT2D eigenvalue weighted by atomic mass is 9.91. The smallest absolute Gasteiger partial charge is 0.252 e. The lowest BCUT2D eigenvalue weighted by Gasteiger charge is -2.35. The molecule has 0 aromatic heterocycles. The van der Waals surface area contributed by atoms with Gasteiger partial charge in [0.2, 0.25) is 0 Å². The first kappa shape index (κ1) is 17.6. The Morgan fingerprint density at radius 1 is 1.36 bits per heavy atom. The van der Waals surface area contributed by atoms with Crippen LogP contribution < -0.4 is 5.32 Å². The third-order valence-electron chi connectivity index (χ3n) is 3.93. The molecule has 1 heterocycles. The lowest BCUT2D eigenvalue weighted by molar-refractivity contribution is -0.144. The van der Waals surface area contributed by atoms with E-state index in [1.807, 2.05) is 31.3 Å². The van der Waals surface area contributed by atoms with Crippen molar-refractivity contribution < 1.29 is 9.90 Å². The highest BCUT2D eigenvalue weighted by molar-refractivity contribution is 7.99. The monoisotopic (exact) mass is 342 g/mol. The van der Waals surface area contributed by atoms with Crippen LogP contribution in [0.3, 0.4) is 0 Å². The maximum Gasteiger partial charge on any atom is 0.252 e. The Morgan fingerprint density at radius 2 is 2.00 bits per heavy atom. The molecular weight excluding hydrogens is 320 g/mol. The minimum absolute atomic E-state index is 0.225. The fraction of sp³-hybridized carbons (Fsp3) is 0.562. The number of nitrogens with zero attached hydrogens (tertiary/aromatic N) is 1. The SMILES string of the molecule is CN1CCC(O)(C(=O)NCCCSc2ccc(Cl)cc2)CC1. The van der Waals surface area contributed by atoms with E-state index < -0.39 is 5.60 Å². The number of hydrogen-bond donors (Lipinski definition) is 2. The molecule has 2 N–H and O–H groups in total. The highest BCUT2D eigenvalue weighted by Crippen LogP contribution is 2.22. The molecule has 0 radical (unpaired) electrons. The van der Waals surface area contributed by atoms with E-state index in [0.717, 1.165) is 30.3 Å². The number of halogens is 1. The Morgan fingerprint density at radius 3 is 2.64 bits per heavy atom. The summed E-state index contributed by atoms with van der Waals surface area (Å²) in [5, 5.41) is 14.0. The molecule has 2 rings (SSSR count). The number of thioether (sulfide) groups is 1. The summed E-state index contributed by atoms with van der Waals surface area (Å²) in [5.41, 5.74) is -1.18. The molecule has 1 saturated heterocycles. The van der Waals surface area contributed by atoms with Gasteiger partial charge in [-0.3, -0.25) is 4.79 Å². The van der Waals surface area contributed by atoms with E-state index in [2.05, 4.69) is 10.2 Å². The first-order valence-corrected chi connectivity index (χ1v) is 8.93. The van der Waals surface area contributed by atoms with Gasteiger partial charge in [-0.15, -0.1) is 11.8 Å². The quantitative estimate of drug-likeness (QED) is 0.615. The third-order valence-corrected chi connectivity index (χ3v) is 5.28. The molecule has 0 bridgehead atoms. The molecule has 1 aromatic carbocycles. The molecule has 0 spiro atoms. The number of carbonyl (C=O) groups is 1. The summed E-state index contributed by atoms with van der Waals surface area (Å²) in [6, 6.07) is 7.74. The number of amides is 1. The van der Waals surface area contributed by atoms with Gasteiger partial charge in [0.1, 0.15) is 5.60 Å². The highest BCUT2D eigenvalue weighted by atomic mass is 35.5. The molecule has 1 aromatic rings. The van der Waals surface area contributed by atoms with E-state index in [-0.39, 0.29) is 5.91 Å². The number of likely N-dealkylation sites (tertiary alicyclic amines) is 1. The molecule has 1 amide bonds. The summed E-state index contributed by atoms with van der Waals surface area (Å²) in [6.07, 6.45) is 1.89. The van der Waals surface area contributed by atoms with Crippen LogP contribution in [-0.2, 0) is 4.79 Å². The minimum Gasteiger partial charge on any atom is -0.380 e. The number of hydrogen-bond acceptors (Lipinski definition) is 4. The van der Waals surface area contributed by atoms with Crippen LogP contribution in [0, 0.1) is 0 Å². The second-order valence-electron chi connectivity index (χ2n) is 5.75. The Bertz CT molecular complexity index is 487. The Kier molecular flexibility index (Phi) is 6.56. The van der Waals surface area contributed by atoms with E-state index in [4.69, 9.17) is 11.6 Å². The van der Waals surface area contributed by atoms with Gasteiger partial charge in [0.15, 0.2) is 0 Å². The first-order chi connectivity index (χ1) is 10.5. The molecule has 22 heavy (non-hydrogen) atoms. The van der Waals surface area contributed by atoms with Gasteiger partial charge in [0, 0.05) is 29.6 Å². The van der Waals surface area contributed by atoms with E-state index in [1.165, 1.54) is 4.90 Å². The van der Waals surface area contributed by atoms with E-state index in [0.29, 0.717) is 19.4 Å². The van der Waals surface area contributed by atoms with Crippen molar-refractivity contribution in [1.82, 2.24) is 10.2 Å². The summed E-state index contributed by atoms with van der Waals surface area (Å²) in [4.78, 5) is 15.4. The summed E-state index contributed by atoms with van der Waals surface area (Å²) >= 11 is 7.58. The van der Waals surface area contributed by atoms with Crippen LogP contribution in [0.1, 0.15) is 19.3 Å². The number of piperidine rings is 1. The zero-order valence-corrected chi connectivity index (χ0v) is 14.4. The van der Waals surface area contributed by atoms with Gasteiger partial charge in [-0.2, -0.15) is 0 Å². The molecule has 1 fully saturated rings. The van der Waals surface area contributed by atoms with Gasteiger partial charge in [0.05, 0.1) is 0 Å². The Labute approximate surface area is 141 Å². The van der Waals surface area contributed by atoms with Crippen LogP contribution in [-0.4, -0.2) is 53.9 Å². The molecule has 0 saturated carbocycles. The van der Waals surface area contributed by atoms with Gasteiger partial charge in [0.25, 0.3) is 5.91 Å². The van der Waals surface area contributed by atoms with Crippen molar-refractivity contribution in [2.75, 3.05) is 32.4 Å². The van der Waals surface area contributed by atoms with E-state index in [1.54, 1.807) is 11.8 Å². The largest absolute Gasteiger partial charge is 0.380 e. The number of aliphatic hydroxyl groups is 1. The zero-order valence-electron chi connectivity index (χ0n) is 12.8. The van der Waals surface area contributed by atoms with Crippen molar-refractivity contribution in [2.24, 2.45) is 0 Å². The van der Waals surface area contributed by atoms with Gasteiger partial charge in [-0.05, 0) is 56.3 Å². The normalized spacial score (nSPS) is 18.1. The van der Waals surface area contributed by atoms with Crippen LogP contribution >= 0.6 is 23.4 Å². The van der Waals surface area contributed by atoms with Crippen LogP contribution in [0.15, 0.2) is 29.2 Å². The van der Waals surface area contributed by atoms with Crippen molar-refractivity contribution >= 4 is 29.3 Å². The molecule has 122 valence electrons. The molecule has 0 unspecified atom stereocenters. The van der Waals surface area contributed by atoms with Gasteiger partial charge >= 0.3 is 0 Å². The average molecular weight is 343 g/mol. The number of benzene rings is 1. The first-order valence-electron chi connectivity index (χ1n) is 7.57. The van der Waals surface area contributed by atoms with Gasteiger partial charge in [-0.1, -0.05) is 11.6 Å². The van der Waals surface area contributed by atoms with Crippen LogP contribution in [0.4, 0.5) is 0 Å². The third kappa shape index (κ3) is 5.16. The number of rotatable bonds is 6. The molecular formula is C16H23ClN2O2S. The number of carbonyl (C=O) groups excluding carboxylic acids is 1. The predicted molar refractivity (Wildman–Crippen MR) is 91.5 cm³/mol. The minimum atomic E-state index is -1.18. The maximum absolute atomic E-state index is 12.1. The predicted octanol–water partition coefficient (Wildman–Crippen LogP) is 2.40. The second-order valence-corrected chi connectivity index (χ2v) is 7.35. The summed E-state index contributed by atoms with van der Waals surface area (Å²) in [7, 11) is 2.01. The number of nitrogens with one attached hydrogen (secondary N) is 1. The molecule has 1 aliphatic heterocycles. The molecule has 6 heteroatoms. The molecule has 0 aliphatic carbocycles. The summed E-state index contributed by atoms with van der Waals surface area (Å²) in [6.45, 7) is 2.12. The van der Waals surface area contributed by atoms with Crippen molar-refractivity contribution in [3.05, 3.63) is 29.3 Å². The van der Waals surface area contributed by atoms with E-state index in [9.17, 15) is 9.90 Å². The Balaban J connectivity index is 1.64. The fourth-order valence-electron chi connectivity index (χ4n) is 2.37. The van der Waals surface area contributed by atoms with Crippen molar-refractivity contribution in [3.63, 3.8) is 0 Å². The van der Waals surface area contributed by atoms with Crippen LogP contribution in [0.25, 0.3) is 0 Å². The topological polar surface area (TPSA) is 52.6 Å². The lowest BCUT2D eigenvalue weighted by Crippen LogP contribution is -2.53. The molecule has 4 nitrogen and oxygen atoms in total. The van der Waals surface area contributed by atoms with Crippen LogP contribution in [0.5, 0.6) is 0 Å². The zero-order chi connectivity index (χ0) is 16.0. The average Bonchev–Trinajstić information content (AvgIpc) is 2.51. The van der Waals surface area contributed by atoms with E-state index >= 15 is 0 Å². The summed E-state index contributed by atoms with van der Waals surface area (Å²) in [5.74, 6) is 0.695. The molecule has 0 atom stereocenters. The maximum atomic E-state index is 12.1. The Hall–Kier alpha value is -0.750. The highest BCUT2D eigenvalue weighted by Gasteiger charge is 2.38. The second kappa shape index (κ2) is 8.20. The van der Waals surface area contributed by atoms with Crippen LogP contribution in [0.2, 0.25) is 5.02 Å². The fourth-order valence-corrected chi connectivity index (χ4v) is 3.35. The van der Waals surface area contributed by atoms with Gasteiger partial charge in [-0.25, -0.2) is 0 Å². The molecule has 1 aliphatic rings. The van der Waals surface area contributed by atoms with Gasteiger partial charge < -0.3 is 15.3 Å². The standard InChI is InChI=1S/C16H23ClN2O2S/c1-19-10-7-16(21,8-11-19)15(20)18-9-2-12-22-14-5-3-13(17)4-6-14/h3-6,21H,2,7-12H2,1H3,(H,18,20). The van der Waals surface area contributed by atoms with Crippen molar-refractivity contribution in [1.29, 1.82) is 0 Å². The van der Waals surface area contributed by atoms with Crippen molar-refractivity contribution in [2.45, 2.75) is 29.8 Å². The summed E-state index contributed by atoms with van der Waals surface area (Å²) < 4.78 is 0.